The van der Waals surface area contributed by atoms with Crippen molar-refractivity contribution in [1.82, 2.24) is 0 Å². The number of carbonyl (C=O) groups excluding carboxylic acids is 1. The van der Waals surface area contributed by atoms with Crippen LogP contribution in [0.15, 0.2) is 29.8 Å². The van der Waals surface area contributed by atoms with Crippen LogP contribution in [-0.4, -0.2) is 5.78 Å². The summed E-state index contributed by atoms with van der Waals surface area (Å²) in [5.74, 6) is -0.483. The Kier molecular flexibility index (Phi) is 4.69. The Labute approximate surface area is 99.9 Å². The average molecular weight is 241 g/mol. The highest BCUT2D eigenvalue weighted by molar-refractivity contribution is 6.31. The third kappa shape index (κ3) is 2.92. The molecule has 1 nitrogen and oxygen atoms in total. The summed E-state index contributed by atoms with van der Waals surface area (Å²) in [7, 11) is 0. The summed E-state index contributed by atoms with van der Waals surface area (Å²) in [5.41, 5.74) is 1.29. The molecule has 0 aliphatic heterocycles. The monoisotopic (exact) mass is 240 g/mol. The molecule has 0 unspecified atom stereocenters. The van der Waals surface area contributed by atoms with Crippen LogP contribution in [0.5, 0.6) is 0 Å². The lowest BCUT2D eigenvalue weighted by Gasteiger charge is -2.06. The fourth-order valence-electron chi connectivity index (χ4n) is 1.53. The van der Waals surface area contributed by atoms with Gasteiger partial charge in [0, 0.05) is 6.42 Å². The van der Waals surface area contributed by atoms with Crippen LogP contribution >= 0.6 is 11.6 Å². The summed E-state index contributed by atoms with van der Waals surface area (Å²) in [6.45, 7) is 3.74. The second-order valence-electron chi connectivity index (χ2n) is 3.48. The van der Waals surface area contributed by atoms with Crippen molar-refractivity contribution in [2.75, 3.05) is 0 Å². The number of hydrogen-bond acceptors (Lipinski definition) is 1. The molecule has 1 aromatic carbocycles. The molecule has 0 aliphatic carbocycles. The number of carbonyl (C=O) groups is 1. The van der Waals surface area contributed by atoms with Crippen molar-refractivity contribution < 1.29 is 9.18 Å². The summed E-state index contributed by atoms with van der Waals surface area (Å²) in [6, 6.07) is 4.52. The van der Waals surface area contributed by atoms with Crippen LogP contribution in [0.25, 0.3) is 0 Å². The molecule has 1 aromatic rings. The van der Waals surface area contributed by atoms with E-state index in [1.165, 1.54) is 6.07 Å². The van der Waals surface area contributed by atoms with Crippen LogP contribution in [0.3, 0.4) is 0 Å². The normalized spacial score (nSPS) is 11.6. The molecule has 3 heteroatoms. The molecule has 0 heterocycles. The largest absolute Gasteiger partial charge is 0.294 e. The fraction of sp³-hybridized carbons (Fsp3) is 0.308. The van der Waals surface area contributed by atoms with Crippen LogP contribution in [0.1, 0.15) is 25.8 Å². The van der Waals surface area contributed by atoms with Crippen molar-refractivity contribution >= 4 is 17.4 Å². The number of halogens is 2. The van der Waals surface area contributed by atoms with E-state index in [4.69, 9.17) is 11.6 Å². The van der Waals surface area contributed by atoms with Gasteiger partial charge < -0.3 is 0 Å². The van der Waals surface area contributed by atoms with Gasteiger partial charge in [0.05, 0.1) is 5.02 Å². The molecule has 0 fully saturated rings. The minimum absolute atomic E-state index is 0.00231. The summed E-state index contributed by atoms with van der Waals surface area (Å²) in [5, 5.41) is 0.0439. The Morgan fingerprint density at radius 3 is 2.75 bits per heavy atom. The zero-order valence-corrected chi connectivity index (χ0v) is 10.1. The summed E-state index contributed by atoms with van der Waals surface area (Å²) < 4.78 is 13.1. The second-order valence-corrected chi connectivity index (χ2v) is 3.86. The quantitative estimate of drug-likeness (QED) is 0.729. The van der Waals surface area contributed by atoms with Gasteiger partial charge in [0.1, 0.15) is 5.82 Å². The number of hydrogen-bond donors (Lipinski definition) is 0. The molecule has 0 radical (unpaired) electrons. The first-order chi connectivity index (χ1) is 7.60. The molecule has 1 rings (SSSR count). The molecular formula is C13H14ClFO. The van der Waals surface area contributed by atoms with E-state index < -0.39 is 5.82 Å². The molecule has 0 amide bonds. The molecule has 0 aliphatic rings. The van der Waals surface area contributed by atoms with Gasteiger partial charge in [-0.1, -0.05) is 36.7 Å². The Morgan fingerprint density at radius 2 is 2.19 bits per heavy atom. The maximum atomic E-state index is 13.1. The second kappa shape index (κ2) is 5.80. The maximum Gasteiger partial charge on any atom is 0.162 e. The molecule has 0 saturated carbocycles. The summed E-state index contributed by atoms with van der Waals surface area (Å²) in [4.78, 5) is 11.8. The summed E-state index contributed by atoms with van der Waals surface area (Å²) >= 11 is 5.78. The zero-order valence-electron chi connectivity index (χ0n) is 9.39. The van der Waals surface area contributed by atoms with Crippen molar-refractivity contribution in [2.45, 2.75) is 26.7 Å². The van der Waals surface area contributed by atoms with Crippen molar-refractivity contribution in [3.8, 4) is 0 Å². The molecule has 0 aromatic heterocycles. The number of Topliss-reactive ketones (excluding diaryl/α,β-unsaturated/α-hetero) is 1. The lowest BCUT2D eigenvalue weighted by molar-refractivity contribution is -0.115. The number of ketones is 1. The van der Waals surface area contributed by atoms with Gasteiger partial charge in [-0.25, -0.2) is 4.39 Å². The van der Waals surface area contributed by atoms with Gasteiger partial charge in [-0.2, -0.15) is 0 Å². The minimum atomic E-state index is -0.481. The lowest BCUT2D eigenvalue weighted by Crippen LogP contribution is -2.06. The topological polar surface area (TPSA) is 17.1 Å². The van der Waals surface area contributed by atoms with E-state index in [2.05, 4.69) is 0 Å². The van der Waals surface area contributed by atoms with Gasteiger partial charge in [-0.3, -0.25) is 4.79 Å². The fourth-order valence-corrected chi connectivity index (χ4v) is 1.73. The predicted octanol–water partition coefficient (Wildman–Crippen LogP) is 3.95. The molecule has 0 atom stereocenters. The number of benzene rings is 1. The summed E-state index contributed by atoms with van der Waals surface area (Å²) in [6.07, 6.45) is 2.63. The van der Waals surface area contributed by atoms with Crippen LogP contribution in [-0.2, 0) is 11.2 Å². The number of allylic oxidation sites excluding steroid dienone is 2. The van der Waals surface area contributed by atoms with E-state index in [0.29, 0.717) is 12.0 Å². The van der Waals surface area contributed by atoms with Gasteiger partial charge in [-0.15, -0.1) is 0 Å². The molecule has 16 heavy (non-hydrogen) atoms. The highest BCUT2D eigenvalue weighted by Gasteiger charge is 2.12. The van der Waals surface area contributed by atoms with Crippen LogP contribution < -0.4 is 0 Å². The Bertz CT molecular complexity index is 424. The maximum absolute atomic E-state index is 13.1. The lowest BCUT2D eigenvalue weighted by atomic mass is 10.0. The van der Waals surface area contributed by atoms with Crippen LogP contribution in [0, 0.1) is 5.82 Å². The first-order valence-corrected chi connectivity index (χ1v) is 5.59. The highest BCUT2D eigenvalue weighted by atomic mass is 35.5. The van der Waals surface area contributed by atoms with Crippen LogP contribution in [0.2, 0.25) is 5.02 Å². The zero-order chi connectivity index (χ0) is 12.1. The van der Waals surface area contributed by atoms with E-state index in [1.807, 2.05) is 13.8 Å². The molecule has 0 spiro atoms. The molecule has 0 N–H and O–H groups in total. The van der Waals surface area contributed by atoms with E-state index in [0.717, 1.165) is 5.57 Å². The molecular weight excluding hydrogens is 227 g/mol. The van der Waals surface area contributed by atoms with Gasteiger partial charge in [-0.05, 0) is 30.5 Å². The first kappa shape index (κ1) is 12.9. The Morgan fingerprint density at radius 1 is 1.50 bits per heavy atom. The van der Waals surface area contributed by atoms with Crippen molar-refractivity contribution in [1.29, 1.82) is 0 Å². The van der Waals surface area contributed by atoms with Crippen LogP contribution in [0.4, 0.5) is 4.39 Å². The third-order valence-corrected chi connectivity index (χ3v) is 2.89. The Hall–Kier alpha value is -1.15. The van der Waals surface area contributed by atoms with Gasteiger partial charge >= 0.3 is 0 Å². The van der Waals surface area contributed by atoms with E-state index in [9.17, 15) is 9.18 Å². The van der Waals surface area contributed by atoms with E-state index in [1.54, 1.807) is 18.2 Å². The van der Waals surface area contributed by atoms with Gasteiger partial charge in [0.2, 0.25) is 0 Å². The smallest absolute Gasteiger partial charge is 0.162 e. The van der Waals surface area contributed by atoms with Crippen molar-refractivity contribution in [3.05, 3.63) is 46.3 Å². The van der Waals surface area contributed by atoms with Crippen molar-refractivity contribution in [2.24, 2.45) is 0 Å². The van der Waals surface area contributed by atoms with Gasteiger partial charge in [0.15, 0.2) is 5.78 Å². The SMILES string of the molecule is C/C=C(/CC)C(=O)Cc1cccc(F)c1Cl. The van der Waals surface area contributed by atoms with E-state index >= 15 is 0 Å². The standard InChI is InChI=1S/C13H14ClFO/c1-3-9(4-2)12(16)8-10-6-5-7-11(15)13(10)14/h3,5-7H,4,8H2,1-2H3/b9-3-. The van der Waals surface area contributed by atoms with Gasteiger partial charge in [0.25, 0.3) is 0 Å². The Balaban J connectivity index is 2.89. The molecule has 0 bridgehead atoms. The van der Waals surface area contributed by atoms with Crippen molar-refractivity contribution in [3.63, 3.8) is 0 Å². The highest BCUT2D eigenvalue weighted by Crippen LogP contribution is 2.21. The number of rotatable bonds is 4. The van der Waals surface area contributed by atoms with E-state index in [-0.39, 0.29) is 17.2 Å². The molecule has 0 saturated heterocycles. The molecule has 86 valence electrons. The average Bonchev–Trinajstić information content (AvgIpc) is 2.26. The third-order valence-electron chi connectivity index (χ3n) is 2.47. The minimum Gasteiger partial charge on any atom is -0.294 e. The predicted molar refractivity (Wildman–Crippen MR) is 64.2 cm³/mol. The first-order valence-electron chi connectivity index (χ1n) is 5.21.